The summed E-state index contributed by atoms with van der Waals surface area (Å²) in [5, 5.41) is 20.7. The largest absolute Gasteiger partial charge is 0.387 e. The van der Waals surface area contributed by atoms with E-state index in [1.54, 1.807) is 12.3 Å². The Morgan fingerprint density at radius 1 is 1.48 bits per heavy atom. The number of nitrogens with zero attached hydrogens (tertiary/aromatic N) is 3. The number of halogens is 1. The number of rotatable bonds is 6. The highest BCUT2D eigenvalue weighted by Crippen LogP contribution is 2.14. The van der Waals surface area contributed by atoms with Gasteiger partial charge in [-0.3, -0.25) is 4.79 Å². The first-order chi connectivity index (χ1) is 10.1. The van der Waals surface area contributed by atoms with E-state index in [0.29, 0.717) is 23.7 Å². The maximum atomic E-state index is 11.8. The van der Waals surface area contributed by atoms with Crippen LogP contribution in [0.4, 0.5) is 0 Å². The molecule has 7 heteroatoms. The molecule has 1 heterocycles. The third kappa shape index (κ3) is 4.27. The Hall–Kier alpha value is -1.92. The van der Waals surface area contributed by atoms with E-state index in [2.05, 4.69) is 15.6 Å². The first-order valence-electron chi connectivity index (χ1n) is 6.68. The highest BCUT2D eigenvalue weighted by Gasteiger charge is 2.11. The highest BCUT2D eigenvalue weighted by molar-refractivity contribution is 6.31. The number of amides is 1. The first-order valence-corrected chi connectivity index (χ1v) is 7.06. The molecule has 0 aliphatic rings. The van der Waals surface area contributed by atoms with Crippen molar-refractivity contribution in [1.82, 2.24) is 20.3 Å². The van der Waals surface area contributed by atoms with Crippen molar-refractivity contribution in [2.24, 2.45) is 0 Å². The van der Waals surface area contributed by atoms with E-state index < -0.39 is 6.10 Å². The molecule has 6 nitrogen and oxygen atoms in total. The SMILES string of the molecule is CCC(O)c1cn(CC(=O)NCc2ccccc2Cl)nn1. The van der Waals surface area contributed by atoms with Gasteiger partial charge >= 0.3 is 0 Å². The van der Waals surface area contributed by atoms with E-state index in [1.807, 2.05) is 25.1 Å². The zero-order valence-electron chi connectivity index (χ0n) is 11.7. The highest BCUT2D eigenvalue weighted by atomic mass is 35.5. The lowest BCUT2D eigenvalue weighted by molar-refractivity contribution is -0.122. The zero-order valence-corrected chi connectivity index (χ0v) is 12.4. The lowest BCUT2D eigenvalue weighted by Crippen LogP contribution is -2.27. The molecule has 1 atom stereocenters. The zero-order chi connectivity index (χ0) is 15.2. The van der Waals surface area contributed by atoms with E-state index in [9.17, 15) is 9.90 Å². The van der Waals surface area contributed by atoms with Gasteiger partial charge in [0.2, 0.25) is 5.91 Å². The van der Waals surface area contributed by atoms with Crippen LogP contribution in [0, 0.1) is 0 Å². The summed E-state index contributed by atoms with van der Waals surface area (Å²) in [5.74, 6) is -0.197. The van der Waals surface area contributed by atoms with Gasteiger partial charge in [-0.1, -0.05) is 41.9 Å². The van der Waals surface area contributed by atoms with Crippen LogP contribution in [0.5, 0.6) is 0 Å². The second kappa shape index (κ2) is 7.19. The molecule has 21 heavy (non-hydrogen) atoms. The number of nitrogens with one attached hydrogen (secondary N) is 1. The van der Waals surface area contributed by atoms with Crippen LogP contribution in [0.1, 0.15) is 30.7 Å². The summed E-state index contributed by atoms with van der Waals surface area (Å²) >= 11 is 6.02. The van der Waals surface area contributed by atoms with Crippen LogP contribution in [0.2, 0.25) is 5.02 Å². The monoisotopic (exact) mass is 308 g/mol. The predicted octanol–water partition coefficient (Wildman–Crippen LogP) is 1.69. The quantitative estimate of drug-likeness (QED) is 0.851. The van der Waals surface area contributed by atoms with Gasteiger partial charge in [0.05, 0.1) is 12.3 Å². The average Bonchev–Trinajstić information content (AvgIpc) is 2.94. The van der Waals surface area contributed by atoms with E-state index in [0.717, 1.165) is 5.56 Å². The molecule has 0 spiro atoms. The van der Waals surface area contributed by atoms with Crippen LogP contribution in [0.3, 0.4) is 0 Å². The third-order valence-corrected chi connectivity index (χ3v) is 3.39. The van der Waals surface area contributed by atoms with E-state index in [-0.39, 0.29) is 12.5 Å². The van der Waals surface area contributed by atoms with Gasteiger partial charge in [0.25, 0.3) is 0 Å². The molecule has 0 aliphatic carbocycles. The van der Waals surface area contributed by atoms with Crippen LogP contribution in [-0.2, 0) is 17.9 Å². The molecular weight excluding hydrogens is 292 g/mol. The Morgan fingerprint density at radius 2 is 2.24 bits per heavy atom. The number of aliphatic hydroxyl groups is 1. The number of hydrogen-bond acceptors (Lipinski definition) is 4. The fraction of sp³-hybridized carbons (Fsp3) is 0.357. The summed E-state index contributed by atoms with van der Waals surface area (Å²) in [6.07, 6.45) is 1.48. The Morgan fingerprint density at radius 3 is 2.95 bits per heavy atom. The van der Waals surface area contributed by atoms with Crippen molar-refractivity contribution < 1.29 is 9.90 Å². The first kappa shape index (κ1) is 15.5. The number of aromatic nitrogens is 3. The molecule has 0 saturated heterocycles. The topological polar surface area (TPSA) is 80.0 Å². The van der Waals surface area contributed by atoms with Crippen molar-refractivity contribution in [3.63, 3.8) is 0 Å². The molecule has 0 radical (unpaired) electrons. The fourth-order valence-electron chi connectivity index (χ4n) is 1.79. The smallest absolute Gasteiger partial charge is 0.242 e. The van der Waals surface area contributed by atoms with Crippen LogP contribution in [-0.4, -0.2) is 26.0 Å². The van der Waals surface area contributed by atoms with Crippen molar-refractivity contribution in [2.45, 2.75) is 32.5 Å². The molecule has 1 unspecified atom stereocenters. The van der Waals surface area contributed by atoms with Gasteiger partial charge in [-0.2, -0.15) is 0 Å². The van der Waals surface area contributed by atoms with Gasteiger partial charge in [0.1, 0.15) is 12.2 Å². The van der Waals surface area contributed by atoms with E-state index in [4.69, 9.17) is 11.6 Å². The van der Waals surface area contributed by atoms with Crippen molar-refractivity contribution in [1.29, 1.82) is 0 Å². The molecule has 2 aromatic rings. The van der Waals surface area contributed by atoms with Crippen LogP contribution >= 0.6 is 11.6 Å². The van der Waals surface area contributed by atoms with E-state index >= 15 is 0 Å². The molecule has 0 fully saturated rings. The van der Waals surface area contributed by atoms with Gasteiger partial charge in [0, 0.05) is 11.6 Å². The van der Waals surface area contributed by atoms with E-state index in [1.165, 1.54) is 4.68 Å². The second-order valence-corrected chi connectivity index (χ2v) is 5.04. The molecule has 1 aromatic heterocycles. The molecule has 112 valence electrons. The minimum Gasteiger partial charge on any atom is -0.387 e. The Balaban J connectivity index is 1.87. The number of aliphatic hydroxyl groups excluding tert-OH is 1. The van der Waals surface area contributed by atoms with Crippen molar-refractivity contribution in [3.8, 4) is 0 Å². The number of carbonyl (C=O) groups is 1. The maximum Gasteiger partial charge on any atom is 0.242 e. The lowest BCUT2D eigenvalue weighted by atomic mass is 10.2. The number of hydrogen-bond donors (Lipinski definition) is 2. The standard InChI is InChI=1S/C14H17ClN4O2/c1-2-13(20)12-8-19(18-17-12)9-14(21)16-7-10-5-3-4-6-11(10)15/h3-6,8,13,20H,2,7,9H2,1H3,(H,16,21). The molecule has 0 saturated carbocycles. The summed E-state index contributed by atoms with van der Waals surface area (Å²) in [7, 11) is 0. The minimum absolute atomic E-state index is 0.0495. The molecule has 0 aliphatic heterocycles. The molecule has 2 rings (SSSR count). The number of benzene rings is 1. The van der Waals surface area contributed by atoms with Gasteiger partial charge in [-0.15, -0.1) is 5.10 Å². The van der Waals surface area contributed by atoms with Crippen molar-refractivity contribution >= 4 is 17.5 Å². The minimum atomic E-state index is -0.648. The predicted molar refractivity (Wildman–Crippen MR) is 78.6 cm³/mol. The second-order valence-electron chi connectivity index (χ2n) is 4.63. The Labute approximate surface area is 127 Å². The molecule has 0 bridgehead atoms. The fourth-order valence-corrected chi connectivity index (χ4v) is 1.99. The van der Waals surface area contributed by atoms with Gasteiger partial charge in [-0.05, 0) is 18.1 Å². The Bertz CT molecular complexity index is 615. The van der Waals surface area contributed by atoms with Crippen molar-refractivity contribution in [2.75, 3.05) is 0 Å². The molecule has 1 amide bonds. The summed E-state index contributed by atoms with van der Waals surface area (Å²) in [5.41, 5.74) is 1.32. The van der Waals surface area contributed by atoms with Gasteiger partial charge < -0.3 is 10.4 Å². The maximum absolute atomic E-state index is 11.8. The third-order valence-electron chi connectivity index (χ3n) is 3.02. The number of carbonyl (C=O) groups excluding carboxylic acids is 1. The van der Waals surface area contributed by atoms with Crippen molar-refractivity contribution in [3.05, 3.63) is 46.7 Å². The summed E-state index contributed by atoms with van der Waals surface area (Å²) in [6.45, 7) is 2.26. The molecule has 2 N–H and O–H groups in total. The summed E-state index contributed by atoms with van der Waals surface area (Å²) in [4.78, 5) is 11.8. The van der Waals surface area contributed by atoms with Crippen LogP contribution in [0.25, 0.3) is 0 Å². The summed E-state index contributed by atoms with van der Waals surface area (Å²) < 4.78 is 1.40. The van der Waals surface area contributed by atoms with Gasteiger partial charge in [-0.25, -0.2) is 4.68 Å². The lowest BCUT2D eigenvalue weighted by Gasteiger charge is -2.06. The normalized spacial score (nSPS) is 12.1. The van der Waals surface area contributed by atoms with Crippen LogP contribution < -0.4 is 5.32 Å². The Kier molecular flexibility index (Phi) is 5.30. The van der Waals surface area contributed by atoms with Crippen LogP contribution in [0.15, 0.2) is 30.5 Å². The van der Waals surface area contributed by atoms with Gasteiger partial charge in [0.15, 0.2) is 0 Å². The molecular formula is C14H17ClN4O2. The summed E-state index contributed by atoms with van der Waals surface area (Å²) in [6, 6.07) is 7.33. The average molecular weight is 309 g/mol. The molecule has 1 aromatic carbocycles.